The Hall–Kier alpha value is -3.14. The summed E-state index contributed by atoms with van der Waals surface area (Å²) in [5.74, 6) is -2.65. The lowest BCUT2D eigenvalue weighted by Crippen LogP contribution is -2.27. The van der Waals surface area contributed by atoms with Crippen molar-refractivity contribution < 1.29 is 22.4 Å². The lowest BCUT2D eigenvalue weighted by atomic mass is 10.2. The molecule has 3 aromatic rings. The van der Waals surface area contributed by atoms with Gasteiger partial charge in [0.1, 0.15) is 11.5 Å². The third-order valence-electron chi connectivity index (χ3n) is 3.93. The largest absolute Gasteiger partial charge is 0.398 e. The Balaban J connectivity index is 1.93. The first-order chi connectivity index (χ1) is 14.2. The molecule has 0 saturated carbocycles. The van der Waals surface area contributed by atoms with E-state index in [-0.39, 0.29) is 16.3 Å². The molecule has 0 bridgehead atoms. The van der Waals surface area contributed by atoms with E-state index in [2.05, 4.69) is 10.4 Å². The molecular weight excluding hydrogens is 422 g/mol. The van der Waals surface area contributed by atoms with Crippen molar-refractivity contribution in [1.29, 1.82) is 0 Å². The molecule has 1 amide bonds. The minimum Gasteiger partial charge on any atom is -0.319 e. The molecule has 0 aliphatic heterocycles. The van der Waals surface area contributed by atoms with Crippen molar-refractivity contribution in [3.8, 4) is 5.69 Å². The number of carbonyl (C=O) groups is 1. The van der Waals surface area contributed by atoms with E-state index in [4.69, 9.17) is 0 Å². The SMILES string of the molecule is Cc1cc(=O)c(C(=O)Nc2ccccc2SCC(F)(F)F)nn1-c1ccccc1F. The summed E-state index contributed by atoms with van der Waals surface area (Å²) in [6, 6.07) is 12.8. The first-order valence-corrected chi connectivity index (χ1v) is 9.60. The average molecular weight is 437 g/mol. The number of benzene rings is 2. The van der Waals surface area contributed by atoms with E-state index in [0.717, 1.165) is 10.7 Å². The molecule has 3 rings (SSSR count). The molecule has 0 atom stereocenters. The number of para-hydroxylation sites is 2. The molecule has 0 radical (unpaired) electrons. The number of amides is 1. The number of halogens is 4. The molecule has 0 spiro atoms. The number of aromatic nitrogens is 2. The molecule has 1 aromatic heterocycles. The fourth-order valence-electron chi connectivity index (χ4n) is 2.61. The van der Waals surface area contributed by atoms with Crippen LogP contribution in [0.3, 0.4) is 0 Å². The topological polar surface area (TPSA) is 64.0 Å². The van der Waals surface area contributed by atoms with E-state index >= 15 is 0 Å². The first kappa shape index (κ1) is 21.6. The van der Waals surface area contributed by atoms with Gasteiger partial charge in [0.15, 0.2) is 5.69 Å². The third kappa shape index (κ3) is 5.07. The Labute approximate surface area is 172 Å². The Morgan fingerprint density at radius 1 is 1.13 bits per heavy atom. The van der Waals surface area contributed by atoms with Crippen LogP contribution in [0.4, 0.5) is 23.2 Å². The maximum Gasteiger partial charge on any atom is 0.398 e. The number of alkyl halides is 3. The molecule has 156 valence electrons. The van der Waals surface area contributed by atoms with Gasteiger partial charge in [-0.05, 0) is 31.2 Å². The number of anilines is 1. The van der Waals surface area contributed by atoms with Crippen LogP contribution in [0.1, 0.15) is 16.2 Å². The summed E-state index contributed by atoms with van der Waals surface area (Å²) in [5.41, 5.74) is -0.749. The Morgan fingerprint density at radius 3 is 2.50 bits per heavy atom. The van der Waals surface area contributed by atoms with Crippen LogP contribution in [0.2, 0.25) is 0 Å². The summed E-state index contributed by atoms with van der Waals surface area (Å²) >= 11 is 0.507. The monoisotopic (exact) mass is 437 g/mol. The van der Waals surface area contributed by atoms with E-state index in [9.17, 15) is 27.2 Å². The predicted molar refractivity (Wildman–Crippen MR) is 106 cm³/mol. The van der Waals surface area contributed by atoms with Crippen molar-refractivity contribution in [1.82, 2.24) is 9.78 Å². The molecule has 0 aliphatic carbocycles. The van der Waals surface area contributed by atoms with Crippen LogP contribution in [0.5, 0.6) is 0 Å². The predicted octanol–water partition coefficient (Wildman–Crippen LogP) is 4.59. The van der Waals surface area contributed by atoms with Crippen molar-refractivity contribution in [2.24, 2.45) is 0 Å². The van der Waals surface area contributed by atoms with Crippen LogP contribution in [0.15, 0.2) is 64.3 Å². The standard InChI is InChI=1S/C20H15F4N3O2S/c1-12-10-16(28)18(26-27(12)15-8-4-2-6-13(15)21)19(29)25-14-7-3-5-9-17(14)30-11-20(22,23)24/h2-10H,11H2,1H3,(H,25,29). The summed E-state index contributed by atoms with van der Waals surface area (Å²) in [6.07, 6.45) is -4.38. The smallest absolute Gasteiger partial charge is 0.319 e. The van der Waals surface area contributed by atoms with Gasteiger partial charge in [0, 0.05) is 16.7 Å². The average Bonchev–Trinajstić information content (AvgIpc) is 2.67. The van der Waals surface area contributed by atoms with Gasteiger partial charge in [0.25, 0.3) is 5.91 Å². The van der Waals surface area contributed by atoms with E-state index in [1.807, 2.05) is 0 Å². The number of nitrogens with one attached hydrogen (secondary N) is 1. The number of hydrogen-bond acceptors (Lipinski definition) is 4. The zero-order chi connectivity index (χ0) is 21.9. The summed E-state index contributed by atoms with van der Waals surface area (Å²) in [6.45, 7) is 1.53. The molecule has 0 aliphatic rings. The number of thioether (sulfide) groups is 1. The number of nitrogens with zero attached hydrogens (tertiary/aromatic N) is 2. The number of rotatable bonds is 5. The van der Waals surface area contributed by atoms with E-state index in [1.54, 1.807) is 6.07 Å². The van der Waals surface area contributed by atoms with Crippen LogP contribution < -0.4 is 10.7 Å². The Morgan fingerprint density at radius 2 is 1.80 bits per heavy atom. The third-order valence-corrected chi connectivity index (χ3v) is 5.07. The molecule has 2 aromatic carbocycles. The highest BCUT2D eigenvalue weighted by molar-refractivity contribution is 7.99. The molecule has 10 heteroatoms. The van der Waals surface area contributed by atoms with Gasteiger partial charge in [-0.2, -0.15) is 18.3 Å². The Bertz CT molecular complexity index is 1150. The van der Waals surface area contributed by atoms with Crippen LogP contribution in [0, 0.1) is 12.7 Å². The van der Waals surface area contributed by atoms with Crippen LogP contribution >= 0.6 is 11.8 Å². The minimum atomic E-state index is -4.38. The summed E-state index contributed by atoms with van der Waals surface area (Å²) in [4.78, 5) is 25.1. The zero-order valence-corrected chi connectivity index (χ0v) is 16.4. The minimum absolute atomic E-state index is 0.0465. The molecule has 1 N–H and O–H groups in total. The summed E-state index contributed by atoms with van der Waals surface area (Å²) in [5, 5.41) is 6.40. The van der Waals surface area contributed by atoms with Gasteiger partial charge in [-0.3, -0.25) is 9.59 Å². The highest BCUT2D eigenvalue weighted by Gasteiger charge is 2.28. The number of carbonyl (C=O) groups excluding carboxylic acids is 1. The fraction of sp³-hybridized carbons (Fsp3) is 0.150. The zero-order valence-electron chi connectivity index (χ0n) is 15.5. The lowest BCUT2D eigenvalue weighted by molar-refractivity contribution is -0.105. The maximum absolute atomic E-state index is 14.1. The summed E-state index contributed by atoms with van der Waals surface area (Å²) < 4.78 is 52.9. The number of hydrogen-bond donors (Lipinski definition) is 1. The molecule has 30 heavy (non-hydrogen) atoms. The molecule has 0 saturated heterocycles. The van der Waals surface area contributed by atoms with Gasteiger partial charge in [0.2, 0.25) is 5.43 Å². The molecule has 0 fully saturated rings. The molecular formula is C20H15F4N3O2S. The van der Waals surface area contributed by atoms with Crippen molar-refractivity contribution in [3.05, 3.63) is 82.0 Å². The quantitative estimate of drug-likeness (QED) is 0.469. The van der Waals surface area contributed by atoms with Gasteiger partial charge < -0.3 is 5.32 Å². The van der Waals surface area contributed by atoms with E-state index in [0.29, 0.717) is 17.5 Å². The second-order valence-corrected chi connectivity index (χ2v) is 7.23. The van der Waals surface area contributed by atoms with Gasteiger partial charge in [0.05, 0.1) is 11.4 Å². The molecule has 0 unspecified atom stereocenters. The highest BCUT2D eigenvalue weighted by atomic mass is 32.2. The molecule has 5 nitrogen and oxygen atoms in total. The van der Waals surface area contributed by atoms with Gasteiger partial charge in [-0.1, -0.05) is 24.3 Å². The first-order valence-electron chi connectivity index (χ1n) is 8.61. The van der Waals surface area contributed by atoms with Gasteiger partial charge in [-0.15, -0.1) is 11.8 Å². The van der Waals surface area contributed by atoms with Crippen molar-refractivity contribution in [2.45, 2.75) is 18.0 Å². The van der Waals surface area contributed by atoms with Crippen LogP contribution in [0.25, 0.3) is 5.69 Å². The van der Waals surface area contributed by atoms with Crippen molar-refractivity contribution in [3.63, 3.8) is 0 Å². The lowest BCUT2D eigenvalue weighted by Gasteiger charge is -2.13. The normalized spacial score (nSPS) is 11.4. The van der Waals surface area contributed by atoms with E-state index in [1.165, 1.54) is 49.4 Å². The Kier molecular flexibility index (Phi) is 6.25. The summed E-state index contributed by atoms with van der Waals surface area (Å²) in [7, 11) is 0. The fourth-order valence-corrected chi connectivity index (χ4v) is 3.38. The van der Waals surface area contributed by atoms with Gasteiger partial charge >= 0.3 is 6.18 Å². The second-order valence-electron chi connectivity index (χ2n) is 6.22. The van der Waals surface area contributed by atoms with Gasteiger partial charge in [-0.25, -0.2) is 9.07 Å². The van der Waals surface area contributed by atoms with Crippen LogP contribution in [-0.4, -0.2) is 27.6 Å². The van der Waals surface area contributed by atoms with E-state index < -0.39 is 34.8 Å². The van der Waals surface area contributed by atoms with Crippen molar-refractivity contribution >= 4 is 23.4 Å². The number of aryl methyl sites for hydroxylation is 1. The van der Waals surface area contributed by atoms with Crippen molar-refractivity contribution in [2.75, 3.05) is 11.1 Å². The van der Waals surface area contributed by atoms with Crippen LogP contribution in [-0.2, 0) is 0 Å². The highest BCUT2D eigenvalue weighted by Crippen LogP contribution is 2.32. The maximum atomic E-state index is 14.1. The second kappa shape index (κ2) is 8.70. The molecule has 1 heterocycles.